The largest absolute Gasteiger partial charge is 0.367 e. The molecular weight excluding hydrogens is 332 g/mol. The van der Waals surface area contributed by atoms with E-state index in [2.05, 4.69) is 27.8 Å². The van der Waals surface area contributed by atoms with Crippen molar-refractivity contribution in [1.29, 1.82) is 0 Å². The van der Waals surface area contributed by atoms with Crippen molar-refractivity contribution in [2.45, 2.75) is 63.9 Å². The lowest BCUT2D eigenvalue weighted by Gasteiger charge is -2.38. The van der Waals surface area contributed by atoms with Crippen LogP contribution in [0.3, 0.4) is 0 Å². The lowest BCUT2D eigenvalue weighted by molar-refractivity contribution is -0.0840. The maximum Gasteiger partial charge on any atom is 0.265 e. The van der Waals surface area contributed by atoms with Gasteiger partial charge in [0.15, 0.2) is 0 Å². The average molecular weight is 355 g/mol. The van der Waals surface area contributed by atoms with E-state index >= 15 is 0 Å². The summed E-state index contributed by atoms with van der Waals surface area (Å²) >= 11 is 3.40. The van der Waals surface area contributed by atoms with Crippen LogP contribution in [0.2, 0.25) is 0 Å². The number of ether oxygens (including phenoxy) is 1. The van der Waals surface area contributed by atoms with E-state index in [-0.39, 0.29) is 5.56 Å². The summed E-state index contributed by atoms with van der Waals surface area (Å²) in [6, 6.07) is 0. The number of halogens is 1. The van der Waals surface area contributed by atoms with Crippen LogP contribution in [-0.2, 0) is 10.3 Å². The van der Waals surface area contributed by atoms with E-state index in [4.69, 9.17) is 9.72 Å². The first-order valence-electron chi connectivity index (χ1n) is 8.00. The summed E-state index contributed by atoms with van der Waals surface area (Å²) < 4.78 is 6.71. The molecule has 21 heavy (non-hydrogen) atoms. The molecule has 0 aliphatic heterocycles. The van der Waals surface area contributed by atoms with Gasteiger partial charge in [0, 0.05) is 12.5 Å². The van der Waals surface area contributed by atoms with Gasteiger partial charge < -0.3 is 9.72 Å². The second-order valence-corrected chi connectivity index (χ2v) is 7.29. The molecular formula is C16H23BrN2O2. The Morgan fingerprint density at radius 1 is 1.33 bits per heavy atom. The molecule has 0 aromatic carbocycles. The fourth-order valence-corrected chi connectivity index (χ4v) is 3.79. The highest BCUT2D eigenvalue weighted by Gasteiger charge is 2.40. The minimum atomic E-state index is -0.398. The Hall–Kier alpha value is -0.680. The Balaban J connectivity index is 2.01. The smallest absolute Gasteiger partial charge is 0.265 e. The molecule has 4 nitrogen and oxygen atoms in total. The van der Waals surface area contributed by atoms with Gasteiger partial charge in [-0.1, -0.05) is 6.92 Å². The third-order valence-corrected chi connectivity index (χ3v) is 5.55. The van der Waals surface area contributed by atoms with Crippen molar-refractivity contribution < 1.29 is 4.74 Å². The zero-order valence-electron chi connectivity index (χ0n) is 12.7. The molecule has 0 atom stereocenters. The second-order valence-electron chi connectivity index (χ2n) is 6.50. The lowest BCUT2D eigenvalue weighted by Crippen LogP contribution is -2.38. The molecule has 1 aromatic heterocycles. The molecule has 2 saturated carbocycles. The monoisotopic (exact) mass is 354 g/mol. The summed E-state index contributed by atoms with van der Waals surface area (Å²) in [6.07, 6.45) is 6.39. The molecule has 1 heterocycles. The number of nitrogens with zero attached hydrogens (tertiary/aromatic N) is 1. The molecule has 1 N–H and O–H groups in total. The summed E-state index contributed by atoms with van der Waals surface area (Å²) in [5, 5.41) is 0. The van der Waals surface area contributed by atoms with Crippen LogP contribution in [0.4, 0.5) is 0 Å². The summed E-state index contributed by atoms with van der Waals surface area (Å²) in [5.41, 5.74) is 0.455. The van der Waals surface area contributed by atoms with Gasteiger partial charge in [0.05, 0.1) is 5.69 Å². The van der Waals surface area contributed by atoms with Crippen LogP contribution in [0.25, 0.3) is 0 Å². The Labute approximate surface area is 133 Å². The fraction of sp³-hybridized carbons (Fsp3) is 0.750. The molecule has 2 aliphatic carbocycles. The molecule has 1 aromatic rings. The maximum atomic E-state index is 12.2. The second kappa shape index (κ2) is 5.84. The predicted molar refractivity (Wildman–Crippen MR) is 85.5 cm³/mol. The summed E-state index contributed by atoms with van der Waals surface area (Å²) in [4.78, 5) is 20.0. The van der Waals surface area contributed by atoms with Gasteiger partial charge in [0.1, 0.15) is 15.9 Å². The lowest BCUT2D eigenvalue weighted by atomic mass is 9.78. The van der Waals surface area contributed by atoms with E-state index in [1.165, 1.54) is 0 Å². The maximum absolute atomic E-state index is 12.2. The van der Waals surface area contributed by atoms with Gasteiger partial charge >= 0.3 is 0 Å². The molecule has 0 saturated heterocycles. The van der Waals surface area contributed by atoms with Gasteiger partial charge in [0.25, 0.3) is 5.56 Å². The predicted octanol–water partition coefficient (Wildman–Crippen LogP) is 3.85. The van der Waals surface area contributed by atoms with E-state index in [1.54, 1.807) is 0 Å². The summed E-state index contributed by atoms with van der Waals surface area (Å²) in [5.74, 6) is 1.91. The van der Waals surface area contributed by atoms with E-state index in [0.29, 0.717) is 17.0 Å². The number of aromatic amines is 1. The van der Waals surface area contributed by atoms with Crippen LogP contribution in [0.5, 0.6) is 0 Å². The van der Waals surface area contributed by atoms with E-state index < -0.39 is 5.60 Å². The van der Waals surface area contributed by atoms with Crippen LogP contribution < -0.4 is 5.56 Å². The SMILES string of the molecule is CCOC1(c2nc(C3CC3)c(Br)c(=O)[nH]2)CCC(C)CC1. The van der Waals surface area contributed by atoms with Crippen molar-refractivity contribution in [2.75, 3.05) is 6.61 Å². The molecule has 0 spiro atoms. The van der Waals surface area contributed by atoms with Crippen LogP contribution in [-0.4, -0.2) is 16.6 Å². The van der Waals surface area contributed by atoms with Gasteiger partial charge in [-0.15, -0.1) is 0 Å². The van der Waals surface area contributed by atoms with E-state index in [1.807, 2.05) is 6.92 Å². The molecule has 0 amide bonds. The highest BCUT2D eigenvalue weighted by molar-refractivity contribution is 9.10. The molecule has 0 radical (unpaired) electrons. The number of rotatable bonds is 4. The van der Waals surface area contributed by atoms with Crippen LogP contribution in [0, 0.1) is 5.92 Å². The summed E-state index contributed by atoms with van der Waals surface area (Å²) in [6.45, 7) is 4.94. The Bertz CT molecular complexity index is 572. The first-order chi connectivity index (χ1) is 10.1. The van der Waals surface area contributed by atoms with Gasteiger partial charge in [-0.25, -0.2) is 4.98 Å². The first kappa shape index (κ1) is 15.2. The minimum absolute atomic E-state index is 0.0698. The standard InChI is InChI=1S/C16H23BrN2O2/c1-3-21-16(8-6-10(2)7-9-16)15-18-13(11-4-5-11)12(17)14(20)19-15/h10-11H,3-9H2,1-2H3,(H,18,19,20). The molecule has 2 aliphatic rings. The van der Waals surface area contributed by atoms with Crippen molar-refractivity contribution >= 4 is 15.9 Å². The molecule has 3 rings (SSSR count). The van der Waals surface area contributed by atoms with E-state index in [9.17, 15) is 4.79 Å². The molecule has 0 unspecified atom stereocenters. The number of hydrogen-bond donors (Lipinski definition) is 1. The average Bonchev–Trinajstić information content (AvgIpc) is 3.29. The van der Waals surface area contributed by atoms with Crippen molar-refractivity contribution in [3.8, 4) is 0 Å². The third-order valence-electron chi connectivity index (χ3n) is 4.79. The molecule has 5 heteroatoms. The van der Waals surface area contributed by atoms with Crippen molar-refractivity contribution in [3.63, 3.8) is 0 Å². The number of hydrogen-bond acceptors (Lipinski definition) is 3. The third kappa shape index (κ3) is 2.95. The number of H-pyrrole nitrogens is 1. The first-order valence-corrected chi connectivity index (χ1v) is 8.79. The number of nitrogens with one attached hydrogen (secondary N) is 1. The van der Waals surface area contributed by atoms with Crippen molar-refractivity contribution in [2.24, 2.45) is 5.92 Å². The van der Waals surface area contributed by atoms with Crippen molar-refractivity contribution in [1.82, 2.24) is 9.97 Å². The normalized spacial score (nSPS) is 29.6. The highest BCUT2D eigenvalue weighted by Crippen LogP contribution is 2.44. The molecule has 0 bridgehead atoms. The van der Waals surface area contributed by atoms with Gasteiger partial charge in [-0.05, 0) is 67.3 Å². The molecule has 2 fully saturated rings. The van der Waals surface area contributed by atoms with Gasteiger partial charge in [0.2, 0.25) is 0 Å². The van der Waals surface area contributed by atoms with Gasteiger partial charge in [-0.2, -0.15) is 0 Å². The Kier molecular flexibility index (Phi) is 4.23. The van der Waals surface area contributed by atoms with Crippen molar-refractivity contribution in [3.05, 3.63) is 26.3 Å². The minimum Gasteiger partial charge on any atom is -0.367 e. The van der Waals surface area contributed by atoms with E-state index in [0.717, 1.165) is 56.0 Å². The zero-order chi connectivity index (χ0) is 15.0. The van der Waals surface area contributed by atoms with Crippen LogP contribution in [0.1, 0.15) is 69.8 Å². The fourth-order valence-electron chi connectivity index (χ4n) is 3.27. The van der Waals surface area contributed by atoms with Gasteiger partial charge in [-0.3, -0.25) is 4.79 Å². The summed E-state index contributed by atoms with van der Waals surface area (Å²) in [7, 11) is 0. The zero-order valence-corrected chi connectivity index (χ0v) is 14.3. The molecule has 116 valence electrons. The Morgan fingerprint density at radius 2 is 2.00 bits per heavy atom. The number of aromatic nitrogens is 2. The Morgan fingerprint density at radius 3 is 2.57 bits per heavy atom. The topological polar surface area (TPSA) is 55.0 Å². The van der Waals surface area contributed by atoms with Crippen LogP contribution in [0.15, 0.2) is 9.27 Å². The quantitative estimate of drug-likeness (QED) is 0.893. The highest BCUT2D eigenvalue weighted by atomic mass is 79.9. The van der Waals surface area contributed by atoms with Crippen LogP contribution >= 0.6 is 15.9 Å².